The van der Waals surface area contributed by atoms with Crippen molar-refractivity contribution >= 4 is 23.1 Å². The van der Waals surface area contributed by atoms with Crippen LogP contribution in [0.2, 0.25) is 0 Å². The fourth-order valence-electron chi connectivity index (χ4n) is 6.69. The van der Waals surface area contributed by atoms with Crippen LogP contribution in [0, 0.1) is 17.2 Å². The first-order chi connectivity index (χ1) is 24.4. The highest BCUT2D eigenvalue weighted by Crippen LogP contribution is 2.44. The summed E-state index contributed by atoms with van der Waals surface area (Å²) in [6.45, 7) is 5.52. The van der Waals surface area contributed by atoms with Crippen LogP contribution in [0.15, 0.2) is 87.4 Å². The Morgan fingerprint density at radius 1 is 1.13 bits per heavy atom. The molecule has 2 atom stereocenters. The fraction of sp³-hybridized carbons (Fsp3) is 0.368. The molecule has 2 amide bonds. The van der Waals surface area contributed by atoms with E-state index < -0.39 is 53.4 Å². The van der Waals surface area contributed by atoms with E-state index in [4.69, 9.17) is 9.15 Å². The first-order valence-corrected chi connectivity index (χ1v) is 16.6. The van der Waals surface area contributed by atoms with Gasteiger partial charge in [-0.3, -0.25) is 4.79 Å². The summed E-state index contributed by atoms with van der Waals surface area (Å²) >= 11 is 0. The van der Waals surface area contributed by atoms with E-state index in [1.54, 1.807) is 49.4 Å². The van der Waals surface area contributed by atoms with Gasteiger partial charge in [0.2, 0.25) is 5.89 Å². The van der Waals surface area contributed by atoms with Gasteiger partial charge < -0.3 is 19.4 Å². The topological polar surface area (TPSA) is 108 Å². The lowest BCUT2D eigenvalue weighted by atomic mass is 9.80. The number of carbonyl (C=O) groups excluding carboxylic acids is 2. The molecule has 14 heteroatoms. The van der Waals surface area contributed by atoms with Crippen LogP contribution >= 0.6 is 0 Å². The summed E-state index contributed by atoms with van der Waals surface area (Å²) in [5.41, 5.74) is 0.464. The number of amides is 2. The van der Waals surface area contributed by atoms with E-state index in [0.717, 1.165) is 11.6 Å². The van der Waals surface area contributed by atoms with E-state index in [2.05, 4.69) is 16.4 Å². The normalized spacial score (nSPS) is 21.0. The minimum absolute atomic E-state index is 0.0250. The average molecular weight is 725 g/mol. The van der Waals surface area contributed by atoms with Gasteiger partial charge in [-0.25, -0.2) is 9.78 Å². The van der Waals surface area contributed by atoms with Crippen molar-refractivity contribution in [1.82, 2.24) is 15.2 Å². The molecule has 1 fully saturated rings. The average Bonchev–Trinajstić information content (AvgIpc) is 3.65. The maximum Gasteiger partial charge on any atom is 0.416 e. The quantitative estimate of drug-likeness (QED) is 0.232. The van der Waals surface area contributed by atoms with Crippen molar-refractivity contribution in [3.63, 3.8) is 0 Å². The number of hydrogen-bond donors (Lipinski definition) is 1. The van der Waals surface area contributed by atoms with Gasteiger partial charge >= 0.3 is 18.4 Å². The van der Waals surface area contributed by atoms with E-state index >= 15 is 0 Å². The van der Waals surface area contributed by atoms with Crippen molar-refractivity contribution in [2.24, 2.45) is 5.92 Å². The molecule has 1 N–H and O–H groups in total. The van der Waals surface area contributed by atoms with E-state index in [0.29, 0.717) is 57.7 Å². The number of nitrogens with one attached hydrogen (secondary N) is 1. The number of hydrogen-bond acceptors (Lipinski definition) is 6. The van der Waals surface area contributed by atoms with Crippen LogP contribution in [0.4, 0.5) is 31.1 Å². The van der Waals surface area contributed by atoms with Gasteiger partial charge in [-0.15, -0.1) is 0 Å². The maximum absolute atomic E-state index is 13.6. The fourth-order valence-corrected chi connectivity index (χ4v) is 6.69. The molecule has 6 rings (SSSR count). The molecule has 2 aliphatic carbocycles. The molecule has 1 aromatic heterocycles. The van der Waals surface area contributed by atoms with Crippen LogP contribution in [0.1, 0.15) is 67.4 Å². The Hall–Kier alpha value is -5.32. The van der Waals surface area contributed by atoms with Gasteiger partial charge in [-0.2, -0.15) is 31.6 Å². The van der Waals surface area contributed by atoms with Gasteiger partial charge in [-0.1, -0.05) is 32.1 Å². The van der Waals surface area contributed by atoms with Crippen molar-refractivity contribution in [2.45, 2.75) is 63.9 Å². The number of benzene rings is 2. The van der Waals surface area contributed by atoms with E-state index in [1.807, 2.05) is 13.8 Å². The number of alkyl halides is 6. The van der Waals surface area contributed by atoms with Crippen molar-refractivity contribution in [3.8, 4) is 17.5 Å². The lowest BCUT2D eigenvalue weighted by Crippen LogP contribution is -2.44. The third-order valence-corrected chi connectivity index (χ3v) is 9.35. The molecule has 3 aliphatic rings. The lowest BCUT2D eigenvalue weighted by Gasteiger charge is -2.29. The van der Waals surface area contributed by atoms with Crippen molar-refractivity contribution in [1.29, 1.82) is 5.26 Å². The summed E-state index contributed by atoms with van der Waals surface area (Å²) in [4.78, 5) is 31.9. The molecular weight excluding hydrogens is 690 g/mol. The molecule has 2 heterocycles. The summed E-state index contributed by atoms with van der Waals surface area (Å²) in [6, 6.07) is 12.1. The maximum atomic E-state index is 13.6. The Morgan fingerprint density at radius 2 is 1.87 bits per heavy atom. The van der Waals surface area contributed by atoms with Crippen LogP contribution in [0.5, 0.6) is 0 Å². The number of nitriles is 1. The minimum atomic E-state index is -4.96. The largest absolute Gasteiger partial charge is 0.439 e. The Kier molecular flexibility index (Phi) is 9.59. The van der Waals surface area contributed by atoms with Crippen LogP contribution < -0.4 is 5.32 Å². The number of carbonyl (C=O) groups is 2. The van der Waals surface area contributed by atoms with Crippen LogP contribution in [-0.2, 0) is 4.74 Å². The number of allylic oxidation sites excluding steroid dienone is 7. The Labute approximate surface area is 295 Å². The summed E-state index contributed by atoms with van der Waals surface area (Å²) < 4.78 is 93.3. The monoisotopic (exact) mass is 724 g/mol. The first kappa shape index (κ1) is 36.5. The zero-order valence-corrected chi connectivity index (χ0v) is 28.4. The Morgan fingerprint density at radius 3 is 2.52 bits per heavy atom. The molecule has 1 aliphatic heterocycles. The second-order valence-electron chi connectivity index (χ2n) is 13.7. The molecule has 2 aromatic carbocycles. The molecule has 52 heavy (non-hydrogen) atoms. The second kappa shape index (κ2) is 13.7. The molecule has 0 saturated carbocycles. The van der Waals surface area contributed by atoms with Gasteiger partial charge in [0.1, 0.15) is 11.1 Å². The number of halogens is 6. The highest BCUT2D eigenvalue weighted by Gasteiger charge is 2.44. The second-order valence-corrected chi connectivity index (χ2v) is 13.7. The van der Waals surface area contributed by atoms with Gasteiger partial charge in [0.05, 0.1) is 30.3 Å². The standard InChI is InChI=1S/C38H34F6N4O4/c1-21(2)30-12-22(17-45)13-31-32(30)51-34(47-31)24-10-8-23(9-11-24)33(49)46-19-36(3)20-48(35(50)52-36)18-25-6-4-5-7-29(25)26-14-27(37(39,40)41)16-28(15-26)38(42,43)44/h5,7-14,16,21,26H,4,6,15,18-20H2,1-3H3,(H,46,49). The number of nitrogens with zero attached hydrogens (tertiary/aromatic N) is 3. The third-order valence-electron chi connectivity index (χ3n) is 9.35. The number of oxazole rings is 1. The number of ether oxygens (including phenoxy) is 1. The van der Waals surface area contributed by atoms with Crippen molar-refractivity contribution in [3.05, 3.63) is 99.7 Å². The molecular formula is C38H34F6N4O4. The van der Waals surface area contributed by atoms with Crippen molar-refractivity contribution < 1.29 is 45.1 Å². The summed E-state index contributed by atoms with van der Waals surface area (Å²) in [5.74, 6) is -1.21. The van der Waals surface area contributed by atoms with Crippen LogP contribution in [0.25, 0.3) is 22.6 Å². The smallest absolute Gasteiger partial charge is 0.416 e. The Bertz CT molecular complexity index is 2080. The van der Waals surface area contributed by atoms with Gasteiger partial charge in [0.15, 0.2) is 5.58 Å². The minimum Gasteiger partial charge on any atom is -0.439 e. The SMILES string of the molecule is CC(C)c1cc(C#N)cc2nc(-c3ccc(C(=O)NCC4(C)CN(CC5=C(C6C=C(C(F)(F)F)C=C(C(F)(F)F)C6)C=CCC5)C(=O)O4)cc3)oc12. The van der Waals surface area contributed by atoms with Crippen LogP contribution in [-0.4, -0.2) is 59.5 Å². The molecule has 272 valence electrons. The van der Waals surface area contributed by atoms with E-state index in [9.17, 15) is 41.2 Å². The number of aromatic nitrogens is 1. The highest BCUT2D eigenvalue weighted by atomic mass is 19.4. The lowest BCUT2D eigenvalue weighted by molar-refractivity contribution is -0.0996. The van der Waals surface area contributed by atoms with Crippen LogP contribution in [0.3, 0.4) is 0 Å². The summed E-state index contributed by atoms with van der Waals surface area (Å²) in [5, 5.41) is 12.2. The van der Waals surface area contributed by atoms with Crippen molar-refractivity contribution in [2.75, 3.05) is 19.6 Å². The number of cyclic esters (lactones) is 1. The summed E-state index contributed by atoms with van der Waals surface area (Å²) in [6.07, 6.45) is -6.20. The Balaban J connectivity index is 1.12. The first-order valence-electron chi connectivity index (χ1n) is 16.6. The summed E-state index contributed by atoms with van der Waals surface area (Å²) in [7, 11) is 0. The van der Waals surface area contributed by atoms with E-state index in [1.165, 1.54) is 11.0 Å². The van der Waals surface area contributed by atoms with Gasteiger partial charge in [-0.05, 0) is 85.7 Å². The molecule has 2 unspecified atom stereocenters. The third kappa shape index (κ3) is 7.63. The molecule has 0 radical (unpaired) electrons. The van der Waals surface area contributed by atoms with Gasteiger partial charge in [0, 0.05) is 34.7 Å². The number of rotatable bonds is 8. The molecule has 0 spiro atoms. The molecule has 8 nitrogen and oxygen atoms in total. The highest BCUT2D eigenvalue weighted by molar-refractivity contribution is 5.94. The predicted molar refractivity (Wildman–Crippen MR) is 179 cm³/mol. The number of fused-ring (bicyclic) bond motifs is 1. The van der Waals surface area contributed by atoms with E-state index in [-0.39, 0.29) is 31.6 Å². The van der Waals surface area contributed by atoms with Gasteiger partial charge in [0.25, 0.3) is 5.91 Å². The zero-order valence-electron chi connectivity index (χ0n) is 28.4. The zero-order chi connectivity index (χ0) is 37.6. The molecule has 0 bridgehead atoms. The molecule has 1 saturated heterocycles. The predicted octanol–water partition coefficient (Wildman–Crippen LogP) is 9.07. The molecule has 3 aromatic rings.